The maximum Gasteiger partial charge on any atom is 0.254 e. The van der Waals surface area contributed by atoms with E-state index < -0.39 is 0 Å². The number of hydrogen-bond donors (Lipinski definition) is 1. The summed E-state index contributed by atoms with van der Waals surface area (Å²) in [7, 11) is 0. The molecule has 0 aliphatic heterocycles. The maximum absolute atomic E-state index is 11.4. The van der Waals surface area contributed by atoms with Crippen LogP contribution in [0.25, 0.3) is 0 Å². The molecule has 0 saturated heterocycles. The molecule has 3 heteroatoms. The first-order chi connectivity index (χ1) is 5.65. The summed E-state index contributed by atoms with van der Waals surface area (Å²) in [4.78, 5) is 18.3. The van der Waals surface area contributed by atoms with Crippen LogP contribution in [-0.2, 0) is 6.42 Å². The summed E-state index contributed by atoms with van der Waals surface area (Å²) in [6.45, 7) is 5.73. The molecule has 1 aromatic heterocycles. The molecule has 12 heavy (non-hydrogen) atoms. The second kappa shape index (κ2) is 3.52. The van der Waals surface area contributed by atoms with E-state index in [0.29, 0.717) is 5.82 Å². The molecule has 0 atom stereocenters. The number of rotatable bonds is 2. The lowest BCUT2D eigenvalue weighted by Crippen LogP contribution is -2.17. The molecule has 1 aromatic rings. The first kappa shape index (κ1) is 8.97. The van der Waals surface area contributed by atoms with Crippen molar-refractivity contribution < 1.29 is 0 Å². The highest BCUT2D eigenvalue weighted by atomic mass is 16.1. The van der Waals surface area contributed by atoms with Crippen molar-refractivity contribution >= 4 is 0 Å². The van der Waals surface area contributed by atoms with Gasteiger partial charge in [-0.3, -0.25) is 4.79 Å². The summed E-state index contributed by atoms with van der Waals surface area (Å²) in [5.41, 5.74) is 1.70. The lowest BCUT2D eigenvalue weighted by Gasteiger charge is -2.02. The van der Waals surface area contributed by atoms with Crippen molar-refractivity contribution in [2.45, 2.75) is 33.6 Å². The molecule has 0 aliphatic rings. The molecule has 3 nitrogen and oxygen atoms in total. The number of H-pyrrole nitrogens is 1. The predicted molar refractivity (Wildman–Crippen MR) is 48.3 cm³/mol. The second-order valence-corrected chi connectivity index (χ2v) is 2.97. The van der Waals surface area contributed by atoms with Gasteiger partial charge in [0.1, 0.15) is 5.82 Å². The van der Waals surface area contributed by atoms with Gasteiger partial charge in [-0.2, -0.15) is 0 Å². The normalized spacial score (nSPS) is 10.2. The largest absolute Gasteiger partial charge is 0.311 e. The smallest absolute Gasteiger partial charge is 0.254 e. The molecule has 0 aromatic carbocycles. The molecular weight excluding hydrogens is 152 g/mol. The molecule has 1 N–H and O–H groups in total. The van der Waals surface area contributed by atoms with Crippen LogP contribution in [0.1, 0.15) is 30.4 Å². The SMILES string of the molecule is CCCc1c(C)nc(C)[nH]c1=O. The maximum atomic E-state index is 11.4. The Morgan fingerprint density at radius 3 is 2.58 bits per heavy atom. The highest BCUT2D eigenvalue weighted by Crippen LogP contribution is 2.01. The molecule has 0 saturated carbocycles. The van der Waals surface area contributed by atoms with Crippen molar-refractivity contribution in [1.82, 2.24) is 9.97 Å². The molecule has 0 bridgehead atoms. The minimum absolute atomic E-state index is 0.0156. The van der Waals surface area contributed by atoms with Gasteiger partial charge in [0.05, 0.1) is 0 Å². The van der Waals surface area contributed by atoms with Gasteiger partial charge >= 0.3 is 0 Å². The zero-order valence-electron chi connectivity index (χ0n) is 7.77. The Bertz CT molecular complexity index is 328. The van der Waals surface area contributed by atoms with Crippen LogP contribution in [-0.4, -0.2) is 9.97 Å². The van der Waals surface area contributed by atoms with Gasteiger partial charge in [0, 0.05) is 11.3 Å². The fourth-order valence-electron chi connectivity index (χ4n) is 1.30. The molecule has 1 heterocycles. The Morgan fingerprint density at radius 1 is 1.42 bits per heavy atom. The van der Waals surface area contributed by atoms with Crippen molar-refractivity contribution in [3.8, 4) is 0 Å². The Kier molecular flexibility index (Phi) is 2.63. The summed E-state index contributed by atoms with van der Waals surface area (Å²) in [5.74, 6) is 0.692. The van der Waals surface area contributed by atoms with Gasteiger partial charge in [0.25, 0.3) is 5.56 Å². The summed E-state index contributed by atoms with van der Waals surface area (Å²) in [6.07, 6.45) is 1.79. The first-order valence-corrected chi connectivity index (χ1v) is 4.21. The Hall–Kier alpha value is -1.12. The molecular formula is C9H14N2O. The average molecular weight is 166 g/mol. The van der Waals surface area contributed by atoms with E-state index in [1.165, 1.54) is 0 Å². The highest BCUT2D eigenvalue weighted by molar-refractivity contribution is 5.16. The summed E-state index contributed by atoms with van der Waals surface area (Å²) >= 11 is 0. The summed E-state index contributed by atoms with van der Waals surface area (Å²) in [6, 6.07) is 0. The van der Waals surface area contributed by atoms with E-state index in [4.69, 9.17) is 0 Å². The summed E-state index contributed by atoms with van der Waals surface area (Å²) < 4.78 is 0. The average Bonchev–Trinajstić information content (AvgIpc) is 1.96. The Labute approximate surface area is 71.9 Å². The van der Waals surface area contributed by atoms with Crippen LogP contribution in [0.3, 0.4) is 0 Å². The third-order valence-electron chi connectivity index (χ3n) is 1.84. The second-order valence-electron chi connectivity index (χ2n) is 2.97. The van der Waals surface area contributed by atoms with Gasteiger partial charge in [-0.05, 0) is 20.3 Å². The van der Waals surface area contributed by atoms with Crippen molar-refractivity contribution in [3.05, 3.63) is 27.4 Å². The predicted octanol–water partition coefficient (Wildman–Crippen LogP) is 1.34. The minimum Gasteiger partial charge on any atom is -0.311 e. The van der Waals surface area contributed by atoms with Crippen molar-refractivity contribution in [2.75, 3.05) is 0 Å². The van der Waals surface area contributed by atoms with E-state index in [9.17, 15) is 4.79 Å². The fraction of sp³-hybridized carbons (Fsp3) is 0.556. The van der Waals surface area contributed by atoms with Gasteiger partial charge in [0.15, 0.2) is 0 Å². The molecule has 0 aliphatic carbocycles. The quantitative estimate of drug-likeness (QED) is 0.720. The van der Waals surface area contributed by atoms with Crippen LogP contribution in [0.15, 0.2) is 4.79 Å². The number of nitrogens with zero attached hydrogens (tertiary/aromatic N) is 1. The van der Waals surface area contributed by atoms with Crippen LogP contribution in [0.4, 0.5) is 0 Å². The molecule has 0 fully saturated rings. The van der Waals surface area contributed by atoms with E-state index in [0.717, 1.165) is 24.1 Å². The van der Waals surface area contributed by atoms with Crippen molar-refractivity contribution in [3.63, 3.8) is 0 Å². The van der Waals surface area contributed by atoms with E-state index in [2.05, 4.69) is 16.9 Å². The number of hydrogen-bond acceptors (Lipinski definition) is 2. The molecule has 0 radical (unpaired) electrons. The van der Waals surface area contributed by atoms with E-state index in [1.807, 2.05) is 6.92 Å². The lowest BCUT2D eigenvalue weighted by molar-refractivity contribution is 0.849. The molecule has 0 spiro atoms. The standard InChI is InChI=1S/C9H14N2O/c1-4-5-8-6(2)10-7(3)11-9(8)12/h4-5H2,1-3H3,(H,10,11,12). The van der Waals surface area contributed by atoms with Crippen LogP contribution >= 0.6 is 0 Å². The molecule has 0 unspecified atom stereocenters. The Balaban J connectivity index is 3.19. The van der Waals surface area contributed by atoms with E-state index >= 15 is 0 Å². The van der Waals surface area contributed by atoms with Crippen molar-refractivity contribution in [2.24, 2.45) is 0 Å². The first-order valence-electron chi connectivity index (χ1n) is 4.21. The van der Waals surface area contributed by atoms with Gasteiger partial charge in [-0.25, -0.2) is 4.98 Å². The van der Waals surface area contributed by atoms with Crippen LogP contribution in [0.5, 0.6) is 0 Å². The topological polar surface area (TPSA) is 45.8 Å². The number of nitrogens with one attached hydrogen (secondary N) is 1. The Morgan fingerprint density at radius 2 is 2.08 bits per heavy atom. The summed E-state index contributed by atoms with van der Waals surface area (Å²) in [5, 5.41) is 0. The van der Waals surface area contributed by atoms with Gasteiger partial charge in [-0.1, -0.05) is 13.3 Å². The molecule has 66 valence electrons. The van der Waals surface area contributed by atoms with Crippen LogP contribution in [0, 0.1) is 13.8 Å². The van der Waals surface area contributed by atoms with Gasteiger partial charge in [0.2, 0.25) is 0 Å². The van der Waals surface area contributed by atoms with Crippen LogP contribution < -0.4 is 5.56 Å². The molecule has 0 amide bonds. The number of aromatic amines is 1. The highest BCUT2D eigenvalue weighted by Gasteiger charge is 2.03. The number of aryl methyl sites for hydroxylation is 2. The minimum atomic E-state index is 0.0156. The monoisotopic (exact) mass is 166 g/mol. The van der Waals surface area contributed by atoms with E-state index in [1.54, 1.807) is 6.92 Å². The zero-order valence-corrected chi connectivity index (χ0v) is 7.77. The molecule has 1 rings (SSSR count). The third-order valence-corrected chi connectivity index (χ3v) is 1.84. The fourth-order valence-corrected chi connectivity index (χ4v) is 1.30. The van der Waals surface area contributed by atoms with Crippen molar-refractivity contribution in [1.29, 1.82) is 0 Å². The third kappa shape index (κ3) is 1.72. The number of aromatic nitrogens is 2. The lowest BCUT2D eigenvalue weighted by atomic mass is 10.1. The van der Waals surface area contributed by atoms with Gasteiger partial charge < -0.3 is 4.98 Å². The van der Waals surface area contributed by atoms with Crippen LogP contribution in [0.2, 0.25) is 0 Å². The van der Waals surface area contributed by atoms with E-state index in [-0.39, 0.29) is 5.56 Å². The van der Waals surface area contributed by atoms with Gasteiger partial charge in [-0.15, -0.1) is 0 Å². The zero-order chi connectivity index (χ0) is 9.14.